The third-order valence-corrected chi connectivity index (χ3v) is 6.05. The van der Waals surface area contributed by atoms with E-state index in [9.17, 15) is 4.79 Å². The number of nitrogens with one attached hydrogen (secondary N) is 1. The quantitative estimate of drug-likeness (QED) is 0.536. The van der Waals surface area contributed by atoms with Crippen LogP contribution in [0.25, 0.3) is 0 Å². The monoisotopic (exact) mass is 450 g/mol. The Morgan fingerprint density at radius 2 is 1.78 bits per heavy atom. The lowest BCUT2D eigenvalue weighted by Crippen LogP contribution is -2.46. The molecule has 3 unspecified atom stereocenters. The molecular weight excluding hydrogens is 404 g/mol. The first-order valence-corrected chi connectivity index (χ1v) is 11.5. The Kier molecular flexibility index (Phi) is 12.1. The standard InChI is InChI=1S/C19H32N2O.C6H12O2.CH2O/c1-7-15-16(19(15,6)8-2)12-21-18(4,5)13-22-17-14(3)10-9-11-20-17;1-5(7)8-6(2,3)4;1-2/h9-11,15-16,21H,7-8,12-13H2,1-6H3;1-4H3;1H2. The van der Waals surface area contributed by atoms with Gasteiger partial charge < -0.3 is 19.6 Å². The van der Waals surface area contributed by atoms with Crippen molar-refractivity contribution in [3.05, 3.63) is 23.9 Å². The molecule has 0 aromatic carbocycles. The zero-order valence-corrected chi connectivity index (χ0v) is 22.0. The van der Waals surface area contributed by atoms with E-state index in [4.69, 9.17) is 14.3 Å². The van der Waals surface area contributed by atoms with Crippen LogP contribution in [0, 0.1) is 24.2 Å². The summed E-state index contributed by atoms with van der Waals surface area (Å²) in [5, 5.41) is 3.71. The lowest BCUT2D eigenvalue weighted by atomic mass is 10.0. The van der Waals surface area contributed by atoms with E-state index < -0.39 is 0 Å². The van der Waals surface area contributed by atoms with Gasteiger partial charge in [-0.05, 0) is 71.4 Å². The second-order valence-corrected chi connectivity index (χ2v) is 10.4. The summed E-state index contributed by atoms with van der Waals surface area (Å²) in [4.78, 5) is 22.5. The fraction of sp³-hybridized carbons (Fsp3) is 0.731. The first-order valence-electron chi connectivity index (χ1n) is 11.5. The van der Waals surface area contributed by atoms with Gasteiger partial charge in [0.2, 0.25) is 5.88 Å². The summed E-state index contributed by atoms with van der Waals surface area (Å²) < 4.78 is 10.7. The summed E-state index contributed by atoms with van der Waals surface area (Å²) in [6.07, 6.45) is 4.36. The highest BCUT2D eigenvalue weighted by Crippen LogP contribution is 2.62. The molecule has 3 atom stereocenters. The van der Waals surface area contributed by atoms with Gasteiger partial charge in [-0.25, -0.2) is 4.98 Å². The van der Waals surface area contributed by atoms with Gasteiger partial charge in [0.25, 0.3) is 0 Å². The summed E-state index contributed by atoms with van der Waals surface area (Å²) in [7, 11) is 0. The average Bonchev–Trinajstić information content (AvgIpc) is 3.29. The van der Waals surface area contributed by atoms with Gasteiger partial charge >= 0.3 is 5.97 Å². The van der Waals surface area contributed by atoms with Crippen molar-refractivity contribution >= 4 is 12.8 Å². The van der Waals surface area contributed by atoms with Crippen LogP contribution in [0.15, 0.2) is 18.3 Å². The number of esters is 1. The molecule has 0 spiro atoms. The molecule has 0 radical (unpaired) electrons. The van der Waals surface area contributed by atoms with Gasteiger partial charge in [0.1, 0.15) is 19.0 Å². The zero-order chi connectivity index (χ0) is 25.2. The maximum Gasteiger partial charge on any atom is 0.303 e. The van der Waals surface area contributed by atoms with Crippen LogP contribution in [0.2, 0.25) is 0 Å². The minimum absolute atomic E-state index is 0.0422. The number of pyridine rings is 1. The molecule has 1 fully saturated rings. The van der Waals surface area contributed by atoms with Crippen molar-refractivity contribution in [2.45, 2.75) is 93.2 Å². The van der Waals surface area contributed by atoms with Gasteiger partial charge in [0.15, 0.2) is 0 Å². The number of hydrogen-bond acceptors (Lipinski definition) is 6. The molecule has 1 N–H and O–H groups in total. The van der Waals surface area contributed by atoms with Crippen LogP contribution in [0.3, 0.4) is 0 Å². The number of ether oxygens (including phenoxy) is 2. The molecule has 0 aliphatic heterocycles. The molecular formula is C26H46N2O4. The number of carbonyl (C=O) groups excluding carboxylic acids is 2. The van der Waals surface area contributed by atoms with Crippen molar-refractivity contribution in [1.29, 1.82) is 0 Å². The van der Waals surface area contributed by atoms with Crippen LogP contribution in [0.5, 0.6) is 5.88 Å². The van der Waals surface area contributed by atoms with Crippen molar-refractivity contribution in [3.8, 4) is 5.88 Å². The van der Waals surface area contributed by atoms with Crippen LogP contribution in [-0.2, 0) is 14.3 Å². The minimum Gasteiger partial charge on any atom is -0.476 e. The summed E-state index contributed by atoms with van der Waals surface area (Å²) in [5.41, 5.74) is 1.26. The third-order valence-electron chi connectivity index (χ3n) is 6.05. The van der Waals surface area contributed by atoms with Gasteiger partial charge in [0.05, 0.1) is 0 Å². The van der Waals surface area contributed by atoms with E-state index in [0.29, 0.717) is 12.0 Å². The fourth-order valence-electron chi connectivity index (χ4n) is 4.15. The molecule has 6 heteroatoms. The Bertz CT molecular complexity index is 699. The number of nitrogens with zero attached hydrogens (tertiary/aromatic N) is 1. The molecule has 32 heavy (non-hydrogen) atoms. The molecule has 6 nitrogen and oxygen atoms in total. The number of aromatic nitrogens is 1. The van der Waals surface area contributed by atoms with Crippen LogP contribution in [-0.4, -0.2) is 42.0 Å². The molecule has 184 valence electrons. The minimum atomic E-state index is -0.328. The van der Waals surface area contributed by atoms with Gasteiger partial charge in [-0.3, -0.25) is 4.79 Å². The molecule has 2 rings (SSSR count). The predicted octanol–water partition coefficient (Wildman–Crippen LogP) is 5.37. The molecule has 0 bridgehead atoms. The zero-order valence-electron chi connectivity index (χ0n) is 22.0. The van der Waals surface area contributed by atoms with E-state index in [-0.39, 0.29) is 17.1 Å². The number of hydrogen-bond donors (Lipinski definition) is 1. The third kappa shape index (κ3) is 10.1. The first-order chi connectivity index (χ1) is 14.8. The number of carbonyl (C=O) groups is 2. The van der Waals surface area contributed by atoms with Gasteiger partial charge in [-0.15, -0.1) is 0 Å². The Balaban J connectivity index is 0.000000814. The summed E-state index contributed by atoms with van der Waals surface area (Å²) >= 11 is 0. The maximum atomic E-state index is 10.2. The smallest absolute Gasteiger partial charge is 0.303 e. The molecule has 0 amide bonds. The van der Waals surface area contributed by atoms with E-state index in [1.165, 1.54) is 19.8 Å². The van der Waals surface area contributed by atoms with Gasteiger partial charge in [-0.1, -0.05) is 39.7 Å². The van der Waals surface area contributed by atoms with Crippen LogP contribution < -0.4 is 10.1 Å². The van der Waals surface area contributed by atoms with E-state index in [2.05, 4.69) is 44.9 Å². The predicted molar refractivity (Wildman–Crippen MR) is 131 cm³/mol. The van der Waals surface area contributed by atoms with Crippen molar-refractivity contribution < 1.29 is 19.1 Å². The fourth-order valence-corrected chi connectivity index (χ4v) is 4.15. The van der Waals surface area contributed by atoms with Crippen LogP contribution >= 0.6 is 0 Å². The second kappa shape index (κ2) is 12.9. The molecule has 0 saturated heterocycles. The molecule has 1 saturated carbocycles. The van der Waals surface area contributed by atoms with E-state index in [1.54, 1.807) is 6.20 Å². The topological polar surface area (TPSA) is 77.5 Å². The molecule has 1 heterocycles. The van der Waals surface area contributed by atoms with Crippen molar-refractivity contribution in [1.82, 2.24) is 10.3 Å². The largest absolute Gasteiger partial charge is 0.476 e. The van der Waals surface area contributed by atoms with Crippen molar-refractivity contribution in [2.24, 2.45) is 17.3 Å². The Labute approximate surface area is 195 Å². The lowest BCUT2D eigenvalue weighted by Gasteiger charge is -2.27. The van der Waals surface area contributed by atoms with Crippen LogP contribution in [0.1, 0.15) is 80.7 Å². The maximum absolute atomic E-state index is 10.2. The van der Waals surface area contributed by atoms with E-state index in [0.717, 1.165) is 29.8 Å². The summed E-state index contributed by atoms with van der Waals surface area (Å²) in [6.45, 7) is 24.2. The van der Waals surface area contributed by atoms with Gasteiger partial charge in [0, 0.05) is 24.2 Å². The molecule has 1 aliphatic carbocycles. The molecule has 1 aromatic heterocycles. The van der Waals surface area contributed by atoms with Gasteiger partial charge in [-0.2, -0.15) is 0 Å². The first kappa shape index (κ1) is 30.0. The van der Waals surface area contributed by atoms with E-state index >= 15 is 0 Å². The Morgan fingerprint density at radius 1 is 1.19 bits per heavy atom. The van der Waals surface area contributed by atoms with E-state index in [1.807, 2.05) is 46.6 Å². The SMILES string of the molecule is C=O.CC(=O)OC(C)(C)C.CCC1C(CNC(C)(C)COc2ncccc2C)C1(C)CC. The highest BCUT2D eigenvalue weighted by Gasteiger charge is 2.57. The molecule has 1 aromatic rings. The Hall–Kier alpha value is -1.95. The number of rotatable bonds is 8. The number of aryl methyl sites for hydroxylation is 1. The highest BCUT2D eigenvalue weighted by atomic mass is 16.6. The Morgan fingerprint density at radius 3 is 2.16 bits per heavy atom. The van der Waals surface area contributed by atoms with Crippen molar-refractivity contribution in [3.63, 3.8) is 0 Å². The van der Waals surface area contributed by atoms with Crippen molar-refractivity contribution in [2.75, 3.05) is 13.2 Å². The summed E-state index contributed by atoms with van der Waals surface area (Å²) in [5.74, 6) is 2.20. The normalized spacial score (nSPS) is 21.9. The second-order valence-electron chi connectivity index (χ2n) is 10.4. The molecule has 1 aliphatic rings. The average molecular weight is 451 g/mol. The lowest BCUT2D eigenvalue weighted by molar-refractivity contribution is -0.151. The van der Waals surface area contributed by atoms with Crippen LogP contribution in [0.4, 0.5) is 0 Å². The highest BCUT2D eigenvalue weighted by molar-refractivity contribution is 5.66. The summed E-state index contributed by atoms with van der Waals surface area (Å²) in [6, 6.07) is 3.97.